The molecule has 0 bridgehead atoms. The molecule has 84 valence electrons. The van der Waals surface area contributed by atoms with Crippen molar-refractivity contribution in [3.63, 3.8) is 0 Å². The Bertz CT molecular complexity index is 468. The van der Waals surface area contributed by atoms with Crippen molar-refractivity contribution in [2.24, 2.45) is 5.41 Å². The molecule has 3 nitrogen and oxygen atoms in total. The molecule has 1 N–H and O–H groups in total. The fourth-order valence-corrected chi connectivity index (χ4v) is 3.07. The fourth-order valence-electron chi connectivity index (χ4n) is 2.40. The summed E-state index contributed by atoms with van der Waals surface area (Å²) in [5, 5.41) is 3.04. The molecule has 3 rings (SSSR count). The predicted octanol–water partition coefficient (Wildman–Crippen LogP) is 2.62. The van der Waals surface area contributed by atoms with Crippen LogP contribution >= 0.6 is 15.9 Å². The molecule has 0 aromatic heterocycles. The highest BCUT2D eigenvalue weighted by Gasteiger charge is 2.52. The number of fused-ring (bicyclic) bond motifs is 1. The van der Waals surface area contributed by atoms with Gasteiger partial charge in [0, 0.05) is 18.1 Å². The summed E-state index contributed by atoms with van der Waals surface area (Å²) >= 11 is 3.54. The van der Waals surface area contributed by atoms with Gasteiger partial charge < -0.3 is 10.2 Å². The van der Waals surface area contributed by atoms with E-state index in [9.17, 15) is 4.79 Å². The number of halogens is 1. The van der Waals surface area contributed by atoms with E-state index in [2.05, 4.69) is 26.1 Å². The third-order valence-corrected chi connectivity index (χ3v) is 4.13. The first-order chi connectivity index (χ1) is 7.62. The Morgan fingerprint density at radius 2 is 2.19 bits per heavy atom. The predicted molar refractivity (Wildman–Crippen MR) is 67.7 cm³/mol. The summed E-state index contributed by atoms with van der Waals surface area (Å²) in [6.45, 7) is 0.814. The zero-order valence-corrected chi connectivity index (χ0v) is 10.7. The Hall–Kier alpha value is -1.03. The summed E-state index contributed by atoms with van der Waals surface area (Å²) in [5.74, 6) is 0.177. The number of nitrogens with one attached hydrogen (secondary N) is 1. The number of hydrogen-bond acceptors (Lipinski definition) is 2. The summed E-state index contributed by atoms with van der Waals surface area (Å²) in [6.07, 6.45) is 2.02. The van der Waals surface area contributed by atoms with Crippen LogP contribution in [0.4, 0.5) is 11.4 Å². The molecule has 16 heavy (non-hydrogen) atoms. The van der Waals surface area contributed by atoms with Gasteiger partial charge in [-0.1, -0.05) is 6.07 Å². The van der Waals surface area contributed by atoms with E-state index >= 15 is 0 Å². The summed E-state index contributed by atoms with van der Waals surface area (Å²) in [5.41, 5.74) is 1.86. The quantitative estimate of drug-likeness (QED) is 0.792. The molecule has 4 heteroatoms. The summed E-state index contributed by atoms with van der Waals surface area (Å²) < 4.78 is 1.03. The molecule has 1 amide bonds. The molecule has 1 aromatic rings. The first kappa shape index (κ1) is 10.1. The minimum atomic E-state index is -0.132. The number of anilines is 2. The Morgan fingerprint density at radius 1 is 1.44 bits per heavy atom. The average molecular weight is 281 g/mol. The van der Waals surface area contributed by atoms with Crippen LogP contribution in [0.2, 0.25) is 0 Å². The molecule has 1 saturated carbocycles. The zero-order valence-electron chi connectivity index (χ0n) is 9.09. The molecule has 1 aliphatic heterocycles. The zero-order chi connectivity index (χ0) is 11.3. The van der Waals surface area contributed by atoms with Gasteiger partial charge in [-0.25, -0.2) is 0 Å². The van der Waals surface area contributed by atoms with E-state index in [1.807, 2.05) is 25.2 Å². The van der Waals surface area contributed by atoms with Gasteiger partial charge in [-0.15, -0.1) is 0 Å². The molecule has 1 spiro atoms. The lowest BCUT2D eigenvalue weighted by atomic mass is 10.1. The standard InChI is InChI=1S/C12H13BrN2O/c1-15-7-12(5-6-12)11(16)14-9-4-2-3-8(13)10(9)15/h2-4H,5-7H2,1H3,(H,14,16). The van der Waals surface area contributed by atoms with E-state index in [1.165, 1.54) is 0 Å². The molecule has 1 aromatic carbocycles. The van der Waals surface area contributed by atoms with Gasteiger partial charge in [0.1, 0.15) is 0 Å². The van der Waals surface area contributed by atoms with E-state index in [1.54, 1.807) is 0 Å². The summed E-state index contributed by atoms with van der Waals surface area (Å²) in [6, 6.07) is 5.91. The number of rotatable bonds is 0. The SMILES string of the molecule is CN1CC2(CC2)C(=O)Nc2cccc(Br)c21. The number of benzene rings is 1. The maximum absolute atomic E-state index is 12.1. The molecule has 1 fully saturated rings. The largest absolute Gasteiger partial charge is 0.371 e. The van der Waals surface area contributed by atoms with E-state index in [4.69, 9.17) is 0 Å². The number of carbonyl (C=O) groups excluding carboxylic acids is 1. The lowest BCUT2D eigenvalue weighted by Crippen LogP contribution is -2.31. The second-order valence-electron chi connectivity index (χ2n) is 4.73. The highest BCUT2D eigenvalue weighted by atomic mass is 79.9. The number of carbonyl (C=O) groups is 1. The monoisotopic (exact) mass is 280 g/mol. The van der Waals surface area contributed by atoms with E-state index in [0.29, 0.717) is 0 Å². The Kier molecular flexibility index (Phi) is 2.05. The first-order valence-electron chi connectivity index (χ1n) is 5.43. The molecule has 0 unspecified atom stereocenters. The molecule has 0 radical (unpaired) electrons. The molecule has 2 aliphatic rings. The minimum Gasteiger partial charge on any atom is -0.371 e. The molecular formula is C12H13BrN2O. The van der Waals surface area contributed by atoms with Crippen molar-refractivity contribution in [2.75, 3.05) is 23.8 Å². The van der Waals surface area contributed by atoms with Crippen molar-refractivity contribution in [1.82, 2.24) is 0 Å². The van der Waals surface area contributed by atoms with Crippen molar-refractivity contribution in [1.29, 1.82) is 0 Å². The van der Waals surface area contributed by atoms with Gasteiger partial charge in [0.25, 0.3) is 0 Å². The number of amides is 1. The number of nitrogens with zero attached hydrogens (tertiary/aromatic N) is 1. The molecule has 1 aliphatic carbocycles. The van der Waals surface area contributed by atoms with Crippen LogP contribution in [0.3, 0.4) is 0 Å². The van der Waals surface area contributed by atoms with Gasteiger partial charge in [-0.2, -0.15) is 0 Å². The Balaban J connectivity index is 2.10. The summed E-state index contributed by atoms with van der Waals surface area (Å²) in [4.78, 5) is 14.2. The Labute approximate surface area is 103 Å². The normalized spacial score (nSPS) is 21.4. The van der Waals surface area contributed by atoms with Crippen LogP contribution < -0.4 is 10.2 Å². The number of para-hydroxylation sites is 1. The van der Waals surface area contributed by atoms with Crippen LogP contribution in [-0.2, 0) is 4.79 Å². The maximum Gasteiger partial charge on any atom is 0.232 e. The van der Waals surface area contributed by atoms with Gasteiger partial charge in [0.15, 0.2) is 0 Å². The van der Waals surface area contributed by atoms with Gasteiger partial charge in [-0.05, 0) is 40.9 Å². The Morgan fingerprint density at radius 3 is 2.88 bits per heavy atom. The smallest absolute Gasteiger partial charge is 0.232 e. The van der Waals surface area contributed by atoms with Crippen LogP contribution in [0, 0.1) is 5.41 Å². The number of hydrogen-bond donors (Lipinski definition) is 1. The van der Waals surface area contributed by atoms with Crippen LogP contribution in [-0.4, -0.2) is 19.5 Å². The second kappa shape index (κ2) is 3.23. The van der Waals surface area contributed by atoms with Gasteiger partial charge in [0.2, 0.25) is 5.91 Å². The first-order valence-corrected chi connectivity index (χ1v) is 6.23. The third-order valence-electron chi connectivity index (χ3n) is 3.49. The van der Waals surface area contributed by atoms with Gasteiger partial charge in [-0.3, -0.25) is 4.79 Å². The average Bonchev–Trinajstić information content (AvgIpc) is 2.98. The van der Waals surface area contributed by atoms with E-state index in [-0.39, 0.29) is 11.3 Å². The van der Waals surface area contributed by atoms with Crippen molar-refractivity contribution in [3.05, 3.63) is 22.7 Å². The maximum atomic E-state index is 12.1. The van der Waals surface area contributed by atoms with Crippen molar-refractivity contribution in [2.45, 2.75) is 12.8 Å². The van der Waals surface area contributed by atoms with Crippen LogP contribution in [0.15, 0.2) is 22.7 Å². The van der Waals surface area contributed by atoms with Gasteiger partial charge >= 0.3 is 0 Å². The molecule has 0 saturated heterocycles. The third kappa shape index (κ3) is 1.36. The lowest BCUT2D eigenvalue weighted by molar-refractivity contribution is -0.120. The van der Waals surface area contributed by atoms with Gasteiger partial charge in [0.05, 0.1) is 16.8 Å². The highest BCUT2D eigenvalue weighted by Crippen LogP contribution is 2.50. The van der Waals surface area contributed by atoms with E-state index in [0.717, 1.165) is 35.2 Å². The van der Waals surface area contributed by atoms with E-state index < -0.39 is 0 Å². The topological polar surface area (TPSA) is 32.3 Å². The van der Waals surface area contributed by atoms with Crippen molar-refractivity contribution >= 4 is 33.2 Å². The molecular weight excluding hydrogens is 268 g/mol. The highest BCUT2D eigenvalue weighted by molar-refractivity contribution is 9.10. The molecule has 1 heterocycles. The van der Waals surface area contributed by atoms with Crippen LogP contribution in [0.25, 0.3) is 0 Å². The minimum absolute atomic E-state index is 0.132. The van der Waals surface area contributed by atoms with Crippen LogP contribution in [0.5, 0.6) is 0 Å². The second-order valence-corrected chi connectivity index (χ2v) is 5.58. The summed E-state index contributed by atoms with van der Waals surface area (Å²) in [7, 11) is 2.05. The lowest BCUT2D eigenvalue weighted by Gasteiger charge is -2.22. The fraction of sp³-hybridized carbons (Fsp3) is 0.417. The van der Waals surface area contributed by atoms with Crippen molar-refractivity contribution in [3.8, 4) is 0 Å². The van der Waals surface area contributed by atoms with Crippen LogP contribution in [0.1, 0.15) is 12.8 Å². The van der Waals surface area contributed by atoms with Crippen molar-refractivity contribution < 1.29 is 4.79 Å². The molecule has 0 atom stereocenters.